The van der Waals surface area contributed by atoms with Gasteiger partial charge in [0.05, 0.1) is 17.2 Å². The number of rotatable bonds is 5. The van der Waals surface area contributed by atoms with Gasteiger partial charge in [-0.15, -0.1) is 11.3 Å². The number of likely N-dealkylation sites (tertiary alicyclic amines) is 1. The predicted octanol–water partition coefficient (Wildman–Crippen LogP) is 1.91. The second-order valence-electron chi connectivity index (χ2n) is 5.50. The van der Waals surface area contributed by atoms with Gasteiger partial charge in [-0.3, -0.25) is 4.99 Å². The summed E-state index contributed by atoms with van der Waals surface area (Å²) in [6.07, 6.45) is 4.08. The summed E-state index contributed by atoms with van der Waals surface area (Å²) in [6.45, 7) is 9.43. The van der Waals surface area contributed by atoms with Crippen LogP contribution < -0.4 is 10.6 Å². The fraction of sp³-hybridized carbons (Fsp3) is 0.733. The molecule has 0 amide bonds. The Morgan fingerprint density at radius 1 is 1.24 bits per heavy atom. The van der Waals surface area contributed by atoms with E-state index >= 15 is 0 Å². The van der Waals surface area contributed by atoms with Crippen molar-refractivity contribution in [2.45, 2.75) is 39.7 Å². The number of hydrogen-bond acceptors (Lipinski definition) is 4. The van der Waals surface area contributed by atoms with Gasteiger partial charge in [0.2, 0.25) is 0 Å². The molecule has 2 rings (SSSR count). The zero-order chi connectivity index (χ0) is 15.1. The highest BCUT2D eigenvalue weighted by molar-refractivity contribution is 7.11. The molecule has 0 radical (unpaired) electrons. The molecule has 0 unspecified atom stereocenters. The van der Waals surface area contributed by atoms with Gasteiger partial charge in [0, 0.05) is 25.0 Å². The maximum atomic E-state index is 4.45. The molecule has 5 nitrogen and oxygen atoms in total. The first-order valence-electron chi connectivity index (χ1n) is 7.79. The molecule has 0 bridgehead atoms. The molecule has 1 aromatic heterocycles. The molecular weight excluding hydrogens is 282 g/mol. The third kappa shape index (κ3) is 5.28. The van der Waals surface area contributed by atoms with E-state index in [-0.39, 0.29) is 0 Å². The van der Waals surface area contributed by atoms with Gasteiger partial charge in [-0.1, -0.05) is 6.42 Å². The van der Waals surface area contributed by atoms with Gasteiger partial charge in [-0.25, -0.2) is 4.98 Å². The van der Waals surface area contributed by atoms with E-state index in [1.807, 2.05) is 14.0 Å². The number of piperidine rings is 1. The average Bonchev–Trinajstić information content (AvgIpc) is 2.81. The van der Waals surface area contributed by atoms with Crippen LogP contribution in [0.5, 0.6) is 0 Å². The highest BCUT2D eigenvalue weighted by Crippen LogP contribution is 2.16. The van der Waals surface area contributed by atoms with Crippen molar-refractivity contribution in [1.29, 1.82) is 0 Å². The first-order chi connectivity index (χ1) is 10.2. The fourth-order valence-electron chi connectivity index (χ4n) is 2.64. The molecule has 0 atom stereocenters. The molecule has 0 aromatic carbocycles. The summed E-state index contributed by atoms with van der Waals surface area (Å²) in [5.41, 5.74) is 1.12. The van der Waals surface area contributed by atoms with Crippen LogP contribution in [0, 0.1) is 13.8 Å². The monoisotopic (exact) mass is 309 g/mol. The van der Waals surface area contributed by atoms with E-state index in [1.165, 1.54) is 37.2 Å². The minimum absolute atomic E-state index is 0.792. The number of aliphatic imine (C=N–C) groups is 1. The molecule has 1 aliphatic rings. The standard InChI is InChI=1S/C15H27N5S/c1-12-14(21-13(2)19-12)11-18-15(16-3)17-7-10-20-8-5-4-6-9-20/h4-11H2,1-3H3,(H2,16,17,18). The number of thiazole rings is 1. The van der Waals surface area contributed by atoms with Gasteiger partial charge in [0.1, 0.15) is 0 Å². The third-order valence-electron chi connectivity index (χ3n) is 3.81. The second-order valence-corrected chi connectivity index (χ2v) is 6.78. The summed E-state index contributed by atoms with van der Waals surface area (Å²) in [6, 6.07) is 0. The van der Waals surface area contributed by atoms with E-state index in [2.05, 4.69) is 32.4 Å². The number of guanidine groups is 1. The predicted molar refractivity (Wildman–Crippen MR) is 90.1 cm³/mol. The topological polar surface area (TPSA) is 52.6 Å². The molecule has 118 valence electrons. The SMILES string of the molecule is CN=C(NCCN1CCCCC1)NCc1sc(C)nc1C. The maximum absolute atomic E-state index is 4.45. The molecule has 1 aromatic rings. The summed E-state index contributed by atoms with van der Waals surface area (Å²) >= 11 is 1.75. The fourth-order valence-corrected chi connectivity index (χ4v) is 3.51. The van der Waals surface area contributed by atoms with E-state index in [9.17, 15) is 0 Å². The summed E-state index contributed by atoms with van der Waals surface area (Å²) in [5, 5.41) is 7.89. The summed E-state index contributed by atoms with van der Waals surface area (Å²) in [4.78, 5) is 12.5. The van der Waals surface area contributed by atoms with Gasteiger partial charge in [0.15, 0.2) is 5.96 Å². The van der Waals surface area contributed by atoms with Crippen molar-refractivity contribution < 1.29 is 0 Å². The molecule has 2 N–H and O–H groups in total. The van der Waals surface area contributed by atoms with Gasteiger partial charge < -0.3 is 15.5 Å². The Labute approximate surface area is 131 Å². The van der Waals surface area contributed by atoms with E-state index in [0.717, 1.165) is 36.3 Å². The smallest absolute Gasteiger partial charge is 0.191 e. The van der Waals surface area contributed by atoms with Gasteiger partial charge in [0.25, 0.3) is 0 Å². The van der Waals surface area contributed by atoms with Gasteiger partial charge in [-0.2, -0.15) is 0 Å². The summed E-state index contributed by atoms with van der Waals surface area (Å²) < 4.78 is 0. The minimum Gasteiger partial charge on any atom is -0.355 e. The molecule has 1 fully saturated rings. The largest absolute Gasteiger partial charge is 0.355 e. The maximum Gasteiger partial charge on any atom is 0.191 e. The number of aromatic nitrogens is 1. The molecule has 6 heteroatoms. The Hall–Kier alpha value is -1.14. The van der Waals surface area contributed by atoms with Crippen LogP contribution in [-0.4, -0.2) is 49.1 Å². The van der Waals surface area contributed by atoms with Crippen molar-refractivity contribution in [3.63, 3.8) is 0 Å². The van der Waals surface area contributed by atoms with Crippen LogP contribution in [0.25, 0.3) is 0 Å². The third-order valence-corrected chi connectivity index (χ3v) is 4.88. The van der Waals surface area contributed by atoms with Crippen LogP contribution in [0.3, 0.4) is 0 Å². The van der Waals surface area contributed by atoms with Crippen LogP contribution in [-0.2, 0) is 6.54 Å². The zero-order valence-corrected chi connectivity index (χ0v) is 14.2. The highest BCUT2D eigenvalue weighted by atomic mass is 32.1. The van der Waals surface area contributed by atoms with Crippen molar-refractivity contribution in [2.75, 3.05) is 33.2 Å². The van der Waals surface area contributed by atoms with E-state index in [1.54, 1.807) is 11.3 Å². The Morgan fingerprint density at radius 2 is 2.00 bits per heavy atom. The molecule has 2 heterocycles. The summed E-state index contributed by atoms with van der Waals surface area (Å²) in [7, 11) is 1.82. The summed E-state index contributed by atoms with van der Waals surface area (Å²) in [5.74, 6) is 0.873. The molecule has 0 aliphatic carbocycles. The number of aryl methyl sites for hydroxylation is 2. The average molecular weight is 309 g/mol. The van der Waals surface area contributed by atoms with E-state index < -0.39 is 0 Å². The first-order valence-corrected chi connectivity index (χ1v) is 8.60. The Kier molecular flexibility index (Phi) is 6.45. The van der Waals surface area contributed by atoms with Crippen molar-refractivity contribution >= 4 is 17.3 Å². The second kappa shape index (κ2) is 8.34. The van der Waals surface area contributed by atoms with Crippen molar-refractivity contribution in [1.82, 2.24) is 20.5 Å². The van der Waals surface area contributed by atoms with E-state index in [0.29, 0.717) is 0 Å². The lowest BCUT2D eigenvalue weighted by Gasteiger charge is -2.26. The van der Waals surface area contributed by atoms with Crippen LogP contribution in [0.4, 0.5) is 0 Å². The molecular formula is C15H27N5S. The lowest BCUT2D eigenvalue weighted by atomic mass is 10.1. The molecule has 1 saturated heterocycles. The minimum atomic E-state index is 0.792. The molecule has 0 spiro atoms. The Morgan fingerprint density at radius 3 is 2.62 bits per heavy atom. The Bertz CT molecular complexity index is 463. The number of nitrogens with one attached hydrogen (secondary N) is 2. The molecule has 1 aliphatic heterocycles. The van der Waals surface area contributed by atoms with Gasteiger partial charge in [-0.05, 0) is 39.8 Å². The lowest BCUT2D eigenvalue weighted by molar-refractivity contribution is 0.232. The van der Waals surface area contributed by atoms with Gasteiger partial charge >= 0.3 is 0 Å². The first kappa shape index (κ1) is 16.2. The quantitative estimate of drug-likeness (QED) is 0.644. The van der Waals surface area contributed by atoms with Crippen LogP contribution >= 0.6 is 11.3 Å². The van der Waals surface area contributed by atoms with Crippen molar-refractivity contribution in [2.24, 2.45) is 4.99 Å². The number of hydrogen-bond donors (Lipinski definition) is 2. The van der Waals surface area contributed by atoms with Crippen LogP contribution in [0.2, 0.25) is 0 Å². The zero-order valence-electron chi connectivity index (χ0n) is 13.4. The lowest BCUT2D eigenvalue weighted by Crippen LogP contribution is -2.42. The molecule has 21 heavy (non-hydrogen) atoms. The normalized spacial score (nSPS) is 17.0. The molecule has 0 saturated carbocycles. The van der Waals surface area contributed by atoms with Crippen LogP contribution in [0.15, 0.2) is 4.99 Å². The van der Waals surface area contributed by atoms with E-state index in [4.69, 9.17) is 0 Å². The highest BCUT2D eigenvalue weighted by Gasteiger charge is 2.10. The van der Waals surface area contributed by atoms with Crippen molar-refractivity contribution in [3.05, 3.63) is 15.6 Å². The van der Waals surface area contributed by atoms with Crippen LogP contribution in [0.1, 0.15) is 34.8 Å². The number of nitrogens with zero attached hydrogens (tertiary/aromatic N) is 3. The Balaban J connectivity index is 1.69. The van der Waals surface area contributed by atoms with Crippen molar-refractivity contribution in [3.8, 4) is 0 Å².